The number of benzene rings is 2. The van der Waals surface area contributed by atoms with E-state index < -0.39 is 0 Å². The highest BCUT2D eigenvalue weighted by atomic mass is 35.5. The molecule has 0 bridgehead atoms. The first-order chi connectivity index (χ1) is 8.31. The molecule has 2 aromatic rings. The molecule has 88 valence electrons. The Morgan fingerprint density at radius 2 is 1.65 bits per heavy atom. The predicted molar refractivity (Wildman–Crippen MR) is 73.4 cm³/mol. The maximum atomic E-state index is 6.22. The van der Waals surface area contributed by atoms with Crippen molar-refractivity contribution in [3.63, 3.8) is 0 Å². The topological polar surface area (TPSA) is 12.0 Å². The largest absolute Gasteiger partial charge is 0.313 e. The lowest BCUT2D eigenvalue weighted by Crippen LogP contribution is -2.19. The maximum Gasteiger partial charge on any atom is 0.0453 e. The molecule has 1 nitrogen and oxygen atoms in total. The molecule has 0 amide bonds. The van der Waals surface area contributed by atoms with E-state index in [1.165, 1.54) is 5.56 Å². The molecular formula is C15H16ClN. The van der Waals surface area contributed by atoms with E-state index in [0.717, 1.165) is 17.0 Å². The number of nitrogens with one attached hydrogen (secondary N) is 1. The number of likely N-dealkylation sites (N-methyl/N-ethyl adjacent to an activating group) is 1. The lowest BCUT2D eigenvalue weighted by atomic mass is 9.99. The highest BCUT2D eigenvalue weighted by molar-refractivity contribution is 6.31. The average molecular weight is 246 g/mol. The highest BCUT2D eigenvalue weighted by Crippen LogP contribution is 2.25. The van der Waals surface area contributed by atoms with E-state index in [-0.39, 0.29) is 6.04 Å². The van der Waals surface area contributed by atoms with Gasteiger partial charge in [0, 0.05) is 11.1 Å². The first-order valence-electron chi connectivity index (χ1n) is 5.77. The molecule has 0 radical (unpaired) electrons. The van der Waals surface area contributed by atoms with Crippen LogP contribution in [0.2, 0.25) is 5.02 Å². The average Bonchev–Trinajstić information content (AvgIpc) is 2.38. The molecule has 2 rings (SSSR count). The van der Waals surface area contributed by atoms with Gasteiger partial charge in [-0.25, -0.2) is 0 Å². The first-order valence-corrected chi connectivity index (χ1v) is 6.14. The lowest BCUT2D eigenvalue weighted by Gasteiger charge is -2.18. The van der Waals surface area contributed by atoms with E-state index in [1.54, 1.807) is 0 Å². The Balaban J connectivity index is 2.21. The van der Waals surface area contributed by atoms with Crippen molar-refractivity contribution in [2.24, 2.45) is 0 Å². The summed E-state index contributed by atoms with van der Waals surface area (Å²) in [6.07, 6.45) is 0.946. The summed E-state index contributed by atoms with van der Waals surface area (Å²) in [5.41, 5.74) is 2.47. The van der Waals surface area contributed by atoms with Gasteiger partial charge in [-0.15, -0.1) is 0 Å². The van der Waals surface area contributed by atoms with Gasteiger partial charge in [0.1, 0.15) is 0 Å². The Labute approximate surface area is 107 Å². The molecule has 0 spiro atoms. The van der Waals surface area contributed by atoms with Crippen LogP contribution in [-0.2, 0) is 6.42 Å². The number of rotatable bonds is 4. The molecule has 0 saturated carbocycles. The van der Waals surface area contributed by atoms with Gasteiger partial charge in [0.05, 0.1) is 0 Å². The van der Waals surface area contributed by atoms with Crippen LogP contribution in [0.1, 0.15) is 17.2 Å². The van der Waals surface area contributed by atoms with Crippen molar-refractivity contribution >= 4 is 11.6 Å². The fourth-order valence-corrected chi connectivity index (χ4v) is 2.24. The molecular weight excluding hydrogens is 230 g/mol. The molecule has 17 heavy (non-hydrogen) atoms. The summed E-state index contributed by atoms with van der Waals surface area (Å²) in [5, 5.41) is 4.15. The Hall–Kier alpha value is -1.31. The molecule has 0 heterocycles. The standard InChI is InChI=1S/C15H16ClN/c1-17-15(11-12-7-3-2-4-8-12)13-9-5-6-10-14(13)16/h2-10,15,17H,11H2,1H3. The van der Waals surface area contributed by atoms with Crippen LogP contribution in [0, 0.1) is 0 Å². The van der Waals surface area contributed by atoms with Crippen LogP contribution in [0.25, 0.3) is 0 Å². The van der Waals surface area contributed by atoms with Crippen LogP contribution in [0.4, 0.5) is 0 Å². The van der Waals surface area contributed by atoms with Crippen molar-refractivity contribution in [2.45, 2.75) is 12.5 Å². The molecule has 2 aromatic carbocycles. The zero-order valence-electron chi connectivity index (χ0n) is 9.86. The Morgan fingerprint density at radius 3 is 2.29 bits per heavy atom. The fraction of sp³-hybridized carbons (Fsp3) is 0.200. The Bertz CT molecular complexity index is 467. The van der Waals surface area contributed by atoms with Crippen LogP contribution in [0.15, 0.2) is 54.6 Å². The molecule has 1 atom stereocenters. The Kier molecular flexibility index (Phi) is 4.18. The van der Waals surface area contributed by atoms with Gasteiger partial charge in [-0.1, -0.05) is 60.1 Å². The summed E-state index contributed by atoms with van der Waals surface area (Å²) in [6, 6.07) is 18.7. The van der Waals surface area contributed by atoms with Crippen LogP contribution >= 0.6 is 11.6 Å². The van der Waals surface area contributed by atoms with Crippen LogP contribution in [0.5, 0.6) is 0 Å². The summed E-state index contributed by atoms with van der Waals surface area (Å²) in [7, 11) is 1.97. The van der Waals surface area contributed by atoms with Gasteiger partial charge < -0.3 is 5.32 Å². The summed E-state index contributed by atoms with van der Waals surface area (Å²) in [4.78, 5) is 0. The van der Waals surface area contributed by atoms with Crippen molar-refractivity contribution < 1.29 is 0 Å². The molecule has 0 saturated heterocycles. The third-order valence-electron chi connectivity index (χ3n) is 2.91. The molecule has 0 aliphatic carbocycles. The van der Waals surface area contributed by atoms with E-state index in [9.17, 15) is 0 Å². The van der Waals surface area contributed by atoms with E-state index in [1.807, 2.05) is 31.3 Å². The fourth-order valence-electron chi connectivity index (χ4n) is 1.98. The van der Waals surface area contributed by atoms with Gasteiger partial charge in [0.15, 0.2) is 0 Å². The van der Waals surface area contributed by atoms with Gasteiger partial charge in [-0.05, 0) is 30.7 Å². The van der Waals surface area contributed by atoms with E-state index in [2.05, 4.69) is 35.6 Å². The highest BCUT2D eigenvalue weighted by Gasteiger charge is 2.12. The molecule has 2 heteroatoms. The molecule has 0 aromatic heterocycles. The van der Waals surface area contributed by atoms with E-state index >= 15 is 0 Å². The Morgan fingerprint density at radius 1 is 1.00 bits per heavy atom. The van der Waals surface area contributed by atoms with Gasteiger partial charge in [-0.3, -0.25) is 0 Å². The van der Waals surface area contributed by atoms with Crippen LogP contribution in [-0.4, -0.2) is 7.05 Å². The summed E-state index contributed by atoms with van der Waals surface area (Å²) >= 11 is 6.22. The minimum atomic E-state index is 0.256. The van der Waals surface area contributed by atoms with Crippen molar-refractivity contribution in [3.05, 3.63) is 70.7 Å². The summed E-state index contributed by atoms with van der Waals surface area (Å²) in [5.74, 6) is 0. The molecule has 0 fully saturated rings. The second kappa shape index (κ2) is 5.85. The van der Waals surface area contributed by atoms with E-state index in [0.29, 0.717) is 0 Å². The van der Waals surface area contributed by atoms with Gasteiger partial charge in [0.25, 0.3) is 0 Å². The first kappa shape index (κ1) is 12.2. The SMILES string of the molecule is CNC(Cc1ccccc1)c1ccccc1Cl. The van der Waals surface area contributed by atoms with E-state index in [4.69, 9.17) is 11.6 Å². The minimum Gasteiger partial charge on any atom is -0.313 e. The van der Waals surface area contributed by atoms with Gasteiger partial charge in [-0.2, -0.15) is 0 Å². The third kappa shape index (κ3) is 3.09. The maximum absolute atomic E-state index is 6.22. The zero-order chi connectivity index (χ0) is 12.1. The molecule has 1 unspecified atom stereocenters. The molecule has 1 N–H and O–H groups in total. The van der Waals surface area contributed by atoms with Gasteiger partial charge >= 0.3 is 0 Å². The molecule has 0 aliphatic heterocycles. The predicted octanol–water partition coefficient (Wildman–Crippen LogP) is 3.84. The quantitative estimate of drug-likeness (QED) is 0.863. The normalized spacial score (nSPS) is 12.4. The van der Waals surface area contributed by atoms with Crippen LogP contribution in [0.3, 0.4) is 0 Å². The molecule has 0 aliphatic rings. The van der Waals surface area contributed by atoms with Crippen molar-refractivity contribution in [1.82, 2.24) is 5.32 Å². The summed E-state index contributed by atoms with van der Waals surface area (Å²) in [6.45, 7) is 0. The zero-order valence-corrected chi connectivity index (χ0v) is 10.6. The third-order valence-corrected chi connectivity index (χ3v) is 3.26. The second-order valence-electron chi connectivity index (χ2n) is 4.05. The minimum absolute atomic E-state index is 0.256. The van der Waals surface area contributed by atoms with Crippen LogP contribution < -0.4 is 5.32 Å². The monoisotopic (exact) mass is 245 g/mol. The van der Waals surface area contributed by atoms with Crippen molar-refractivity contribution in [2.75, 3.05) is 7.05 Å². The second-order valence-corrected chi connectivity index (χ2v) is 4.46. The van der Waals surface area contributed by atoms with Crippen molar-refractivity contribution in [3.8, 4) is 0 Å². The number of hydrogen-bond acceptors (Lipinski definition) is 1. The van der Waals surface area contributed by atoms with Gasteiger partial charge in [0.2, 0.25) is 0 Å². The lowest BCUT2D eigenvalue weighted by molar-refractivity contribution is 0.592. The smallest absolute Gasteiger partial charge is 0.0453 e. The number of halogens is 1. The number of hydrogen-bond donors (Lipinski definition) is 1. The van der Waals surface area contributed by atoms with Crippen molar-refractivity contribution in [1.29, 1.82) is 0 Å². The summed E-state index contributed by atoms with van der Waals surface area (Å²) < 4.78 is 0.